The summed E-state index contributed by atoms with van der Waals surface area (Å²) in [6, 6.07) is 9.56. The van der Waals surface area contributed by atoms with Crippen molar-refractivity contribution in [2.75, 3.05) is 25.1 Å². The van der Waals surface area contributed by atoms with Crippen molar-refractivity contribution in [1.82, 2.24) is 15.5 Å². The highest BCUT2D eigenvalue weighted by Gasteiger charge is 2.41. The largest absolute Gasteiger partial charge is 0.573 e. The van der Waals surface area contributed by atoms with E-state index in [1.165, 1.54) is 29.5 Å². The summed E-state index contributed by atoms with van der Waals surface area (Å²) in [4.78, 5) is 6.75. The van der Waals surface area contributed by atoms with Gasteiger partial charge in [-0.25, -0.2) is 9.37 Å². The molecule has 222 valence electrons. The van der Waals surface area contributed by atoms with Gasteiger partial charge in [-0.05, 0) is 55.5 Å². The molecule has 0 spiro atoms. The lowest BCUT2D eigenvalue weighted by Crippen LogP contribution is -2.42. The van der Waals surface area contributed by atoms with E-state index in [9.17, 15) is 17.6 Å². The van der Waals surface area contributed by atoms with Crippen molar-refractivity contribution in [2.45, 2.75) is 62.9 Å². The molecule has 13 heteroatoms. The molecule has 7 rings (SSSR count). The summed E-state index contributed by atoms with van der Waals surface area (Å²) in [6.45, 7) is 1.88. The molecule has 1 saturated carbocycles. The number of piperidine rings is 1. The molecule has 2 unspecified atom stereocenters. The first-order chi connectivity index (χ1) is 20.3. The second-order valence-corrected chi connectivity index (χ2v) is 11.9. The van der Waals surface area contributed by atoms with Gasteiger partial charge in [-0.2, -0.15) is 0 Å². The molecule has 0 amide bonds. The minimum absolute atomic E-state index is 0.174. The van der Waals surface area contributed by atoms with Crippen LogP contribution < -0.4 is 15.0 Å². The number of aromatic nitrogens is 2. The molecule has 8 nitrogen and oxygen atoms in total. The Morgan fingerprint density at radius 2 is 1.90 bits per heavy atom. The molecule has 2 aromatic carbocycles. The Morgan fingerprint density at radius 3 is 2.62 bits per heavy atom. The number of halogens is 4. The number of para-hydroxylation sites is 1. The number of methoxy groups -OCH3 is 1. The van der Waals surface area contributed by atoms with Gasteiger partial charge < -0.3 is 29.0 Å². The summed E-state index contributed by atoms with van der Waals surface area (Å²) in [5.41, 5.74) is 2.48. The number of rotatable bonds is 9. The number of ether oxygens (including phenoxy) is 3. The van der Waals surface area contributed by atoms with Crippen molar-refractivity contribution >= 4 is 26.7 Å². The predicted octanol–water partition coefficient (Wildman–Crippen LogP) is 6.67. The molecule has 4 aromatic rings. The Bertz CT molecular complexity index is 1600. The maximum Gasteiger partial charge on any atom is 0.573 e. The summed E-state index contributed by atoms with van der Waals surface area (Å²) >= 11 is 1.46. The molecule has 0 radical (unpaired) electrons. The fraction of sp³-hybridized carbons (Fsp3) is 0.448. The summed E-state index contributed by atoms with van der Waals surface area (Å²) in [5, 5.41) is 8.54. The van der Waals surface area contributed by atoms with Crippen LogP contribution in [0, 0.1) is 5.82 Å². The van der Waals surface area contributed by atoms with Crippen molar-refractivity contribution in [3.63, 3.8) is 0 Å². The number of thiazole rings is 1. The Hall–Kier alpha value is -3.26. The Balaban J connectivity index is 1.03. The zero-order chi connectivity index (χ0) is 29.0. The number of epoxide rings is 1. The van der Waals surface area contributed by atoms with E-state index in [4.69, 9.17) is 14.0 Å². The van der Waals surface area contributed by atoms with Gasteiger partial charge in [0.15, 0.2) is 17.2 Å². The van der Waals surface area contributed by atoms with Gasteiger partial charge in [0.2, 0.25) is 0 Å². The lowest BCUT2D eigenvalue weighted by molar-refractivity contribution is -0.274. The molecule has 1 N–H and O–H groups in total. The summed E-state index contributed by atoms with van der Waals surface area (Å²) in [5.74, 6) is 0.274. The molecule has 2 atom stereocenters. The third kappa shape index (κ3) is 5.58. The van der Waals surface area contributed by atoms with E-state index < -0.39 is 6.36 Å². The summed E-state index contributed by atoms with van der Waals surface area (Å²) < 4.78 is 75.4. The van der Waals surface area contributed by atoms with Gasteiger partial charge in [-0.15, -0.1) is 13.2 Å². The standard InChI is InChI=1S/C29H28F4N4O4S/c1-38-27-26(39-27)16-12-20(30)24-22(13-16)42-28(35-24)37-10-8-17(9-11-37)34-14-19-23(36-41-25(19)15-6-7-15)18-4-2-3-5-21(18)40-29(31,32)33/h2-5,12-13,15,17,26-27,34H,6-11,14H2,1H3. The third-order valence-corrected chi connectivity index (χ3v) is 9.00. The average molecular weight is 605 g/mol. The fourth-order valence-electron chi connectivity index (χ4n) is 5.58. The molecule has 42 heavy (non-hydrogen) atoms. The van der Waals surface area contributed by atoms with Crippen molar-refractivity contribution in [3.8, 4) is 17.0 Å². The molecule has 1 aliphatic carbocycles. The molecule has 3 fully saturated rings. The van der Waals surface area contributed by atoms with Gasteiger partial charge in [-0.1, -0.05) is 28.6 Å². The highest BCUT2D eigenvalue weighted by atomic mass is 32.1. The minimum atomic E-state index is -4.82. The van der Waals surface area contributed by atoms with Crippen molar-refractivity contribution < 1.29 is 36.3 Å². The van der Waals surface area contributed by atoms with Crippen molar-refractivity contribution in [2.24, 2.45) is 0 Å². The van der Waals surface area contributed by atoms with Gasteiger partial charge in [0.25, 0.3) is 0 Å². The lowest BCUT2D eigenvalue weighted by atomic mass is 10.0. The number of hydrogen-bond acceptors (Lipinski definition) is 9. The minimum Gasteiger partial charge on any atom is -0.405 e. The van der Waals surface area contributed by atoms with E-state index >= 15 is 0 Å². The van der Waals surface area contributed by atoms with Crippen molar-refractivity contribution in [1.29, 1.82) is 0 Å². The molecular formula is C29H28F4N4O4S. The quantitative estimate of drug-likeness (QED) is 0.168. The van der Waals surface area contributed by atoms with Crippen LogP contribution >= 0.6 is 11.3 Å². The van der Waals surface area contributed by atoms with Crippen LogP contribution in [0.5, 0.6) is 5.75 Å². The van der Waals surface area contributed by atoms with Gasteiger partial charge in [0.05, 0.1) is 4.70 Å². The number of anilines is 1. The second kappa shape index (κ2) is 10.8. The van der Waals surface area contributed by atoms with E-state index in [2.05, 4.69) is 25.1 Å². The van der Waals surface area contributed by atoms with Crippen LogP contribution in [-0.2, 0) is 16.0 Å². The second-order valence-electron chi connectivity index (χ2n) is 10.8. The zero-order valence-corrected chi connectivity index (χ0v) is 23.4. The molecule has 2 aliphatic heterocycles. The van der Waals surface area contributed by atoms with E-state index in [1.54, 1.807) is 19.2 Å². The summed E-state index contributed by atoms with van der Waals surface area (Å²) in [6.07, 6.45) is -1.83. The highest BCUT2D eigenvalue weighted by molar-refractivity contribution is 7.22. The SMILES string of the molecule is COC1OC1c1cc(F)c2nc(N3CCC(NCc4c(-c5ccccc5OC(F)(F)F)noc4C4CC4)CC3)sc2c1. The van der Waals surface area contributed by atoms with Crippen LogP contribution in [0.2, 0.25) is 0 Å². The lowest BCUT2D eigenvalue weighted by Gasteiger charge is -2.32. The number of nitrogens with one attached hydrogen (secondary N) is 1. The maximum atomic E-state index is 14.8. The van der Waals surface area contributed by atoms with Gasteiger partial charge in [0.1, 0.15) is 28.8 Å². The van der Waals surface area contributed by atoms with Crippen LogP contribution in [0.4, 0.5) is 22.7 Å². The number of alkyl halides is 3. The summed E-state index contributed by atoms with van der Waals surface area (Å²) in [7, 11) is 1.56. The smallest absolute Gasteiger partial charge is 0.405 e. The maximum absolute atomic E-state index is 14.8. The number of benzene rings is 2. The van der Waals surface area contributed by atoms with Crippen LogP contribution in [0.1, 0.15) is 54.6 Å². The number of nitrogens with zero attached hydrogens (tertiary/aromatic N) is 3. The fourth-order valence-corrected chi connectivity index (χ4v) is 6.66. The molecule has 4 heterocycles. The highest BCUT2D eigenvalue weighted by Crippen LogP contribution is 2.46. The molecule has 2 aromatic heterocycles. The Labute approximate surface area is 242 Å². The first-order valence-electron chi connectivity index (χ1n) is 13.9. The molecule has 2 saturated heterocycles. The Morgan fingerprint density at radius 1 is 1.12 bits per heavy atom. The van der Waals surface area contributed by atoms with Gasteiger partial charge >= 0.3 is 6.36 Å². The average Bonchev–Trinajstić information content (AvgIpc) is 3.88. The topological polar surface area (TPSA) is 85.2 Å². The molecular weight excluding hydrogens is 576 g/mol. The van der Waals surface area contributed by atoms with Gasteiger partial charge in [-0.3, -0.25) is 0 Å². The third-order valence-electron chi connectivity index (χ3n) is 7.94. The first kappa shape index (κ1) is 27.6. The zero-order valence-electron chi connectivity index (χ0n) is 22.6. The predicted molar refractivity (Wildman–Crippen MR) is 147 cm³/mol. The van der Waals surface area contributed by atoms with Crippen LogP contribution in [-0.4, -0.2) is 49.0 Å². The normalized spacial score (nSPS) is 21.3. The number of hydrogen-bond donors (Lipinski definition) is 1. The molecule has 3 aliphatic rings. The first-order valence-corrected chi connectivity index (χ1v) is 14.7. The van der Waals surface area contributed by atoms with Crippen molar-refractivity contribution in [3.05, 3.63) is 59.1 Å². The Kier molecular flexibility index (Phi) is 7.08. The van der Waals surface area contributed by atoms with E-state index in [1.807, 2.05) is 6.07 Å². The van der Waals surface area contributed by atoms with Gasteiger partial charge in [0, 0.05) is 49.8 Å². The monoisotopic (exact) mass is 604 g/mol. The molecule has 0 bridgehead atoms. The van der Waals surface area contributed by atoms with Crippen LogP contribution in [0.25, 0.3) is 21.5 Å². The van der Waals surface area contributed by atoms with E-state index in [0.29, 0.717) is 17.8 Å². The van der Waals surface area contributed by atoms with Crippen LogP contribution in [0.15, 0.2) is 40.9 Å². The van der Waals surface area contributed by atoms with E-state index in [0.717, 1.165) is 65.5 Å². The van der Waals surface area contributed by atoms with Crippen LogP contribution in [0.3, 0.4) is 0 Å². The van der Waals surface area contributed by atoms with E-state index in [-0.39, 0.29) is 41.5 Å². The number of fused-ring (bicyclic) bond motifs is 1.